The predicted molar refractivity (Wildman–Crippen MR) is 28.1 cm³/mol. The Morgan fingerprint density at radius 3 is 1.25 bits per heavy atom. The maximum Gasteiger partial charge on any atom is 0.148 e. The minimum atomic E-state index is -1.17. The summed E-state index contributed by atoms with van der Waals surface area (Å²) in [6.45, 7) is 1.03. The third kappa shape index (κ3) is 194. The summed E-state index contributed by atoms with van der Waals surface area (Å²) in [5.41, 5.74) is 0. The molecule has 0 atom stereocenters. The molecule has 0 aromatic heterocycles. The van der Waals surface area contributed by atoms with Gasteiger partial charge in [-0.3, -0.25) is 0 Å². The highest BCUT2D eigenvalue weighted by Crippen LogP contribution is 1.57. The van der Waals surface area contributed by atoms with Gasteiger partial charge in [0.25, 0.3) is 0 Å². The standard InChI is InChI=1S/2C2H6O2/c1-2(3)4;3-1-2-4/h2-4H,1H3;3-4H,1-2H2. The molecular weight excluding hydrogens is 112 g/mol. The van der Waals surface area contributed by atoms with Crippen LogP contribution in [0.2, 0.25) is 0 Å². The van der Waals surface area contributed by atoms with E-state index in [-0.39, 0.29) is 13.2 Å². The maximum absolute atomic E-state index is 7.62. The average Bonchev–Trinajstić information content (AvgIpc) is 1.65. The van der Waals surface area contributed by atoms with Gasteiger partial charge in [0.05, 0.1) is 13.2 Å². The number of aliphatic hydroxyl groups excluding tert-OH is 3. The van der Waals surface area contributed by atoms with Crippen molar-refractivity contribution in [2.75, 3.05) is 13.2 Å². The Kier molecular flexibility index (Phi) is 13.4. The summed E-state index contributed by atoms with van der Waals surface area (Å²) in [4.78, 5) is 0. The molecule has 0 spiro atoms. The molecule has 0 aromatic carbocycles. The Morgan fingerprint density at radius 1 is 1.12 bits per heavy atom. The fourth-order valence-corrected chi connectivity index (χ4v) is 0. The Bertz CT molecular complexity index is 24.5. The summed E-state index contributed by atoms with van der Waals surface area (Å²) in [6.07, 6.45) is -1.17. The van der Waals surface area contributed by atoms with E-state index < -0.39 is 6.29 Å². The SMILES string of the molecule is CC(O)O.OCCO. The number of aliphatic hydroxyl groups is 4. The second-order valence-electron chi connectivity index (χ2n) is 1.08. The van der Waals surface area contributed by atoms with Crippen LogP contribution in [0.25, 0.3) is 0 Å². The molecule has 0 saturated heterocycles. The van der Waals surface area contributed by atoms with E-state index >= 15 is 0 Å². The number of hydrogen-bond donors (Lipinski definition) is 4. The van der Waals surface area contributed by atoms with Gasteiger partial charge in [0.1, 0.15) is 6.29 Å². The van der Waals surface area contributed by atoms with Gasteiger partial charge in [-0.2, -0.15) is 0 Å². The lowest BCUT2D eigenvalue weighted by Crippen LogP contribution is -1.92. The quantitative estimate of drug-likeness (QED) is 0.314. The van der Waals surface area contributed by atoms with Crippen LogP contribution in [0.4, 0.5) is 0 Å². The zero-order valence-electron chi connectivity index (χ0n) is 4.78. The van der Waals surface area contributed by atoms with Crippen molar-refractivity contribution in [3.8, 4) is 0 Å². The third-order valence-corrected chi connectivity index (χ3v) is 0.1000. The lowest BCUT2D eigenvalue weighted by molar-refractivity contribution is -0.0228. The lowest BCUT2D eigenvalue weighted by atomic mass is 10.8. The average molecular weight is 124 g/mol. The molecule has 0 aromatic rings. The summed E-state index contributed by atoms with van der Waals surface area (Å²) in [5.74, 6) is 0. The normalized spacial score (nSPS) is 8.25. The fraction of sp³-hybridized carbons (Fsp3) is 1.00. The first kappa shape index (κ1) is 10.8. The molecule has 0 heterocycles. The van der Waals surface area contributed by atoms with E-state index in [0.29, 0.717) is 0 Å². The molecule has 4 heteroatoms. The van der Waals surface area contributed by atoms with Crippen LogP contribution in [0.1, 0.15) is 6.92 Å². The molecular formula is C4H12O4. The van der Waals surface area contributed by atoms with Crippen molar-refractivity contribution in [3.05, 3.63) is 0 Å². The molecule has 8 heavy (non-hydrogen) atoms. The first-order valence-corrected chi connectivity index (χ1v) is 2.23. The van der Waals surface area contributed by atoms with Crippen LogP contribution in [0.15, 0.2) is 0 Å². The second kappa shape index (κ2) is 9.96. The highest BCUT2D eigenvalue weighted by Gasteiger charge is 1.70. The van der Waals surface area contributed by atoms with Gasteiger partial charge in [-0.05, 0) is 6.92 Å². The summed E-state index contributed by atoms with van der Waals surface area (Å²) in [7, 11) is 0. The van der Waals surface area contributed by atoms with Crippen LogP contribution < -0.4 is 0 Å². The monoisotopic (exact) mass is 124 g/mol. The first-order valence-electron chi connectivity index (χ1n) is 2.23. The molecule has 0 aliphatic carbocycles. The van der Waals surface area contributed by atoms with E-state index in [0.717, 1.165) is 0 Å². The largest absolute Gasteiger partial charge is 0.394 e. The number of rotatable bonds is 1. The van der Waals surface area contributed by atoms with Crippen molar-refractivity contribution < 1.29 is 20.4 Å². The van der Waals surface area contributed by atoms with Gasteiger partial charge in [-0.15, -0.1) is 0 Å². The minimum Gasteiger partial charge on any atom is -0.394 e. The summed E-state index contributed by atoms with van der Waals surface area (Å²) < 4.78 is 0. The smallest absolute Gasteiger partial charge is 0.148 e. The van der Waals surface area contributed by atoms with Gasteiger partial charge in [0.15, 0.2) is 0 Å². The highest BCUT2D eigenvalue weighted by atomic mass is 16.5. The maximum atomic E-state index is 7.62. The van der Waals surface area contributed by atoms with Crippen LogP contribution in [0.5, 0.6) is 0 Å². The molecule has 0 radical (unpaired) electrons. The molecule has 4 nitrogen and oxygen atoms in total. The van der Waals surface area contributed by atoms with Crippen molar-refractivity contribution in [3.63, 3.8) is 0 Å². The van der Waals surface area contributed by atoms with Crippen LogP contribution in [-0.2, 0) is 0 Å². The van der Waals surface area contributed by atoms with Crippen molar-refractivity contribution in [2.45, 2.75) is 13.2 Å². The molecule has 0 aliphatic heterocycles. The van der Waals surface area contributed by atoms with Crippen molar-refractivity contribution >= 4 is 0 Å². The predicted octanol–water partition coefficient (Wildman–Crippen LogP) is -1.71. The van der Waals surface area contributed by atoms with Crippen LogP contribution in [0, 0.1) is 0 Å². The summed E-state index contributed by atoms with van der Waals surface area (Å²) in [6, 6.07) is 0. The topological polar surface area (TPSA) is 80.9 Å². The molecule has 0 aliphatic rings. The molecule has 0 rings (SSSR count). The van der Waals surface area contributed by atoms with Crippen molar-refractivity contribution in [1.29, 1.82) is 0 Å². The Hall–Kier alpha value is -0.160. The van der Waals surface area contributed by atoms with Gasteiger partial charge >= 0.3 is 0 Å². The minimum absolute atomic E-state index is 0.125. The van der Waals surface area contributed by atoms with E-state index in [1.54, 1.807) is 0 Å². The Balaban J connectivity index is 0. The van der Waals surface area contributed by atoms with Gasteiger partial charge in [-0.1, -0.05) is 0 Å². The Labute approximate surface area is 48.0 Å². The van der Waals surface area contributed by atoms with Crippen LogP contribution in [-0.4, -0.2) is 39.9 Å². The molecule has 0 saturated carbocycles. The molecule has 4 N–H and O–H groups in total. The van der Waals surface area contributed by atoms with Gasteiger partial charge in [0.2, 0.25) is 0 Å². The molecule has 0 bridgehead atoms. The first-order chi connectivity index (χ1) is 3.65. The summed E-state index contributed by atoms with van der Waals surface area (Å²) in [5, 5.41) is 30.5. The highest BCUT2D eigenvalue weighted by molar-refractivity contribution is 4.06. The van der Waals surface area contributed by atoms with Gasteiger partial charge < -0.3 is 20.4 Å². The van der Waals surface area contributed by atoms with Crippen molar-refractivity contribution in [1.82, 2.24) is 0 Å². The van der Waals surface area contributed by atoms with Crippen LogP contribution >= 0.6 is 0 Å². The van der Waals surface area contributed by atoms with Crippen molar-refractivity contribution in [2.24, 2.45) is 0 Å². The van der Waals surface area contributed by atoms with E-state index in [1.807, 2.05) is 0 Å². The van der Waals surface area contributed by atoms with E-state index in [2.05, 4.69) is 0 Å². The number of hydrogen-bond acceptors (Lipinski definition) is 4. The molecule has 0 fully saturated rings. The summed E-state index contributed by atoms with van der Waals surface area (Å²) >= 11 is 0. The zero-order valence-corrected chi connectivity index (χ0v) is 4.78. The molecule has 52 valence electrons. The fourth-order valence-electron chi connectivity index (χ4n) is 0. The lowest BCUT2D eigenvalue weighted by Gasteiger charge is -1.80. The van der Waals surface area contributed by atoms with E-state index in [9.17, 15) is 0 Å². The second-order valence-corrected chi connectivity index (χ2v) is 1.08. The Morgan fingerprint density at radius 2 is 1.25 bits per heavy atom. The van der Waals surface area contributed by atoms with Gasteiger partial charge in [0, 0.05) is 0 Å². The molecule has 0 unspecified atom stereocenters. The third-order valence-electron chi connectivity index (χ3n) is 0.1000. The van der Waals surface area contributed by atoms with E-state index in [4.69, 9.17) is 20.4 Å². The zero-order chi connectivity index (χ0) is 6.99. The van der Waals surface area contributed by atoms with Crippen LogP contribution in [0.3, 0.4) is 0 Å². The van der Waals surface area contributed by atoms with E-state index in [1.165, 1.54) is 6.92 Å². The molecule has 0 amide bonds. The van der Waals surface area contributed by atoms with Gasteiger partial charge in [-0.25, -0.2) is 0 Å².